The van der Waals surface area contributed by atoms with Crippen molar-refractivity contribution in [1.82, 2.24) is 0 Å². The van der Waals surface area contributed by atoms with Crippen LogP contribution in [0.25, 0.3) is 0 Å². The van der Waals surface area contributed by atoms with Crippen molar-refractivity contribution < 1.29 is 28.6 Å². The van der Waals surface area contributed by atoms with Crippen LogP contribution in [-0.4, -0.2) is 37.2 Å². The third-order valence-corrected chi connectivity index (χ3v) is 12.7. The molecule has 0 amide bonds. The lowest BCUT2D eigenvalue weighted by Gasteiger charge is -2.18. The number of carbonyl (C=O) groups excluding carboxylic acids is 3. The molecule has 0 aliphatic rings. The fourth-order valence-electron chi connectivity index (χ4n) is 8.13. The Kier molecular flexibility index (Phi) is 58.4. The van der Waals surface area contributed by atoms with Crippen molar-refractivity contribution in [3.05, 3.63) is 134 Å². The number of carbonyl (C=O) groups is 3. The molecule has 1 unspecified atom stereocenters. The first kappa shape index (κ1) is 70.5. The highest BCUT2D eigenvalue weighted by atomic mass is 16.6. The maximum Gasteiger partial charge on any atom is 0.306 e. The minimum Gasteiger partial charge on any atom is -0.462 e. The van der Waals surface area contributed by atoms with Gasteiger partial charge in [-0.05, 0) is 109 Å². The lowest BCUT2D eigenvalue weighted by atomic mass is 10.0. The summed E-state index contributed by atoms with van der Waals surface area (Å²) in [5.74, 6) is -0.976. The van der Waals surface area contributed by atoms with Crippen LogP contribution in [0.15, 0.2) is 134 Å². The molecule has 0 aromatic rings. The second-order valence-electron chi connectivity index (χ2n) is 19.9. The van der Waals surface area contributed by atoms with Gasteiger partial charge in [0, 0.05) is 19.3 Å². The smallest absolute Gasteiger partial charge is 0.306 e. The van der Waals surface area contributed by atoms with Gasteiger partial charge in [-0.15, -0.1) is 0 Å². The molecule has 0 aliphatic heterocycles. The average Bonchev–Trinajstić information content (AvgIpc) is 3.41. The molecule has 0 aliphatic carbocycles. The van der Waals surface area contributed by atoms with Crippen LogP contribution in [0, 0.1) is 0 Å². The van der Waals surface area contributed by atoms with Gasteiger partial charge < -0.3 is 14.2 Å². The lowest BCUT2D eigenvalue weighted by molar-refractivity contribution is -0.167. The molecule has 1 atom stereocenters. The van der Waals surface area contributed by atoms with Crippen molar-refractivity contribution in [3.63, 3.8) is 0 Å². The Bertz CT molecular complexity index is 1620. The SMILES string of the molecule is CC/C=C\C/C=C\C/C=C\C/C=C\C/C=C\C/C=C\CCCCCCCCCCCCCCCCCCC(=O)OCC(COC(=O)CCCCCCC)OC(=O)CCC/C=C\C/C=C\C/C=C\C/C=C\C/C=C\CC. The summed E-state index contributed by atoms with van der Waals surface area (Å²) >= 11 is 0. The third kappa shape index (κ3) is 60.3. The Hall–Kier alpha value is -4.45. The second kappa shape index (κ2) is 62.1. The maximum atomic E-state index is 12.7. The highest BCUT2D eigenvalue weighted by Gasteiger charge is 2.19. The van der Waals surface area contributed by atoms with E-state index in [0.29, 0.717) is 19.3 Å². The van der Waals surface area contributed by atoms with E-state index < -0.39 is 6.10 Å². The Balaban J connectivity index is 4.02. The molecular weight excluding hydrogens is 925 g/mol. The predicted molar refractivity (Wildman–Crippen MR) is 325 cm³/mol. The summed E-state index contributed by atoms with van der Waals surface area (Å²) < 4.78 is 16.7. The van der Waals surface area contributed by atoms with Crippen molar-refractivity contribution in [2.24, 2.45) is 0 Å². The molecule has 0 rings (SSSR count). The zero-order valence-electron chi connectivity index (χ0n) is 48.5. The molecule has 0 spiro atoms. The van der Waals surface area contributed by atoms with Gasteiger partial charge in [0.2, 0.25) is 0 Å². The van der Waals surface area contributed by atoms with Gasteiger partial charge in [-0.25, -0.2) is 0 Å². The molecule has 0 N–H and O–H groups in total. The van der Waals surface area contributed by atoms with Gasteiger partial charge in [-0.2, -0.15) is 0 Å². The molecule has 0 saturated heterocycles. The highest BCUT2D eigenvalue weighted by molar-refractivity contribution is 5.71. The summed E-state index contributed by atoms with van der Waals surface area (Å²) in [6.45, 7) is 6.27. The largest absolute Gasteiger partial charge is 0.462 e. The minimum absolute atomic E-state index is 0.102. The topological polar surface area (TPSA) is 78.9 Å². The summed E-state index contributed by atoms with van der Waals surface area (Å²) in [5, 5.41) is 0. The monoisotopic (exact) mass is 1040 g/mol. The first-order chi connectivity index (χ1) is 37.0. The van der Waals surface area contributed by atoms with Crippen molar-refractivity contribution in [3.8, 4) is 0 Å². The van der Waals surface area contributed by atoms with Gasteiger partial charge in [-0.3, -0.25) is 14.4 Å². The van der Waals surface area contributed by atoms with Crippen LogP contribution in [0.5, 0.6) is 0 Å². The van der Waals surface area contributed by atoms with E-state index in [1.54, 1.807) is 0 Å². The van der Waals surface area contributed by atoms with Crippen molar-refractivity contribution in [2.45, 2.75) is 271 Å². The Morgan fingerprint density at radius 1 is 0.280 bits per heavy atom. The third-order valence-electron chi connectivity index (χ3n) is 12.7. The van der Waals surface area contributed by atoms with E-state index in [2.05, 4.69) is 154 Å². The highest BCUT2D eigenvalue weighted by Crippen LogP contribution is 2.16. The van der Waals surface area contributed by atoms with Gasteiger partial charge in [0.15, 0.2) is 6.10 Å². The Morgan fingerprint density at radius 2 is 0.533 bits per heavy atom. The summed E-state index contributed by atoms with van der Waals surface area (Å²) in [7, 11) is 0. The summed E-state index contributed by atoms with van der Waals surface area (Å²) in [6, 6.07) is 0. The molecular formula is C69H112O6. The number of ether oxygens (including phenoxy) is 3. The summed E-state index contributed by atoms with van der Waals surface area (Å²) in [4.78, 5) is 37.8. The standard InChI is InChI=1S/C69H112O6/c1-4-7-10-13-15-17-19-21-23-25-26-27-28-29-30-31-32-33-34-35-36-37-38-39-40-41-42-44-45-47-49-51-53-56-59-62-68(71)74-65-66(64-73-67(70)61-58-55-12-9-6-3)75-69(72)63-60-57-54-52-50-48-46-43-24-22-20-18-16-14-11-8-5-2/h7-8,10-11,15-18,21-24,26-27,29-30,32-33,46,48,52,54,66H,4-6,9,12-14,19-20,25,28,31,34-45,47,49-51,53,55-65H2,1-3H3/b10-7-,11-8-,17-15-,18-16-,23-21-,24-22-,27-26-,30-29-,33-32-,48-46-,54-52-. The number of unbranched alkanes of at least 4 members (excludes halogenated alkanes) is 21. The minimum atomic E-state index is -0.806. The van der Waals surface area contributed by atoms with Gasteiger partial charge in [0.1, 0.15) is 13.2 Å². The normalized spacial score (nSPS) is 13.1. The molecule has 75 heavy (non-hydrogen) atoms. The van der Waals surface area contributed by atoms with Crippen LogP contribution in [0.2, 0.25) is 0 Å². The number of esters is 3. The number of rotatable bonds is 54. The Labute approximate surface area is 462 Å². The predicted octanol–water partition coefficient (Wildman–Crippen LogP) is 21.0. The number of allylic oxidation sites excluding steroid dienone is 22. The first-order valence-electron chi connectivity index (χ1n) is 30.7. The average molecular weight is 1040 g/mol. The molecule has 424 valence electrons. The maximum absolute atomic E-state index is 12.7. The molecule has 0 radical (unpaired) electrons. The van der Waals surface area contributed by atoms with Crippen molar-refractivity contribution in [1.29, 1.82) is 0 Å². The zero-order valence-corrected chi connectivity index (χ0v) is 48.5. The number of hydrogen-bond donors (Lipinski definition) is 0. The number of hydrogen-bond acceptors (Lipinski definition) is 6. The van der Waals surface area contributed by atoms with E-state index in [4.69, 9.17) is 14.2 Å². The van der Waals surface area contributed by atoms with Crippen LogP contribution in [0.3, 0.4) is 0 Å². The van der Waals surface area contributed by atoms with Crippen LogP contribution in [0.4, 0.5) is 0 Å². The van der Waals surface area contributed by atoms with Crippen LogP contribution < -0.4 is 0 Å². The molecule has 6 heteroatoms. The van der Waals surface area contributed by atoms with E-state index in [1.807, 2.05) is 0 Å². The molecule has 0 bridgehead atoms. The van der Waals surface area contributed by atoms with Gasteiger partial charge in [-0.1, -0.05) is 270 Å². The van der Waals surface area contributed by atoms with Crippen LogP contribution >= 0.6 is 0 Å². The van der Waals surface area contributed by atoms with Crippen molar-refractivity contribution >= 4 is 17.9 Å². The summed E-state index contributed by atoms with van der Waals surface area (Å²) in [5.41, 5.74) is 0. The molecule has 6 nitrogen and oxygen atoms in total. The van der Waals surface area contributed by atoms with E-state index in [0.717, 1.165) is 128 Å². The molecule has 0 aromatic carbocycles. The van der Waals surface area contributed by atoms with Crippen LogP contribution in [0.1, 0.15) is 265 Å². The molecule has 0 heterocycles. The summed E-state index contributed by atoms with van der Waals surface area (Å²) in [6.07, 6.45) is 88.1. The van der Waals surface area contributed by atoms with Crippen molar-refractivity contribution in [2.75, 3.05) is 13.2 Å². The van der Waals surface area contributed by atoms with E-state index in [9.17, 15) is 14.4 Å². The lowest BCUT2D eigenvalue weighted by Crippen LogP contribution is -2.30. The second-order valence-corrected chi connectivity index (χ2v) is 19.9. The fraction of sp³-hybridized carbons (Fsp3) is 0.638. The molecule has 0 saturated carbocycles. The van der Waals surface area contributed by atoms with Gasteiger partial charge in [0.05, 0.1) is 0 Å². The van der Waals surface area contributed by atoms with Gasteiger partial charge >= 0.3 is 17.9 Å². The van der Waals surface area contributed by atoms with E-state index in [1.165, 1.54) is 89.9 Å². The Morgan fingerprint density at radius 3 is 0.853 bits per heavy atom. The van der Waals surface area contributed by atoms with Crippen LogP contribution in [-0.2, 0) is 28.6 Å². The quantitative estimate of drug-likeness (QED) is 0.0261. The van der Waals surface area contributed by atoms with E-state index >= 15 is 0 Å². The van der Waals surface area contributed by atoms with E-state index in [-0.39, 0.29) is 37.5 Å². The first-order valence-corrected chi connectivity index (χ1v) is 30.7. The zero-order chi connectivity index (χ0) is 54.3. The fourth-order valence-corrected chi connectivity index (χ4v) is 8.13. The van der Waals surface area contributed by atoms with Gasteiger partial charge in [0.25, 0.3) is 0 Å². The molecule has 0 fully saturated rings. The molecule has 0 aromatic heterocycles.